The first-order chi connectivity index (χ1) is 12.8. The molecule has 4 nitrogen and oxygen atoms in total. The number of hydrogen-bond acceptors (Lipinski definition) is 2. The molecular weight excluding hydrogens is 388 g/mol. The summed E-state index contributed by atoms with van der Waals surface area (Å²) in [6.45, 7) is 4.19. The molecule has 1 aromatic heterocycles. The molecule has 1 heterocycles. The Bertz CT molecular complexity index is 984. The standard InChI is InChI=1S/C20H18Cl2FN3O/c1-12-20(24-19(27)9-14-3-7-17(23)8-4-14)13(2)26(25-12)11-15-5-6-16(21)10-18(15)22/h3-8,10H,9,11H2,1-2H3,(H,24,27). The monoisotopic (exact) mass is 405 g/mol. The van der Waals surface area contributed by atoms with E-state index >= 15 is 0 Å². The van der Waals surface area contributed by atoms with Crippen LogP contribution in [0.4, 0.5) is 10.1 Å². The molecular formula is C20H18Cl2FN3O. The fourth-order valence-electron chi connectivity index (χ4n) is 2.81. The number of nitrogens with one attached hydrogen (secondary N) is 1. The van der Waals surface area contributed by atoms with E-state index in [-0.39, 0.29) is 18.1 Å². The number of anilines is 1. The maximum atomic E-state index is 13.0. The summed E-state index contributed by atoms with van der Waals surface area (Å²) in [5.74, 6) is -0.509. The number of amides is 1. The van der Waals surface area contributed by atoms with E-state index in [1.54, 1.807) is 28.9 Å². The maximum absolute atomic E-state index is 13.0. The van der Waals surface area contributed by atoms with Gasteiger partial charge in [0.2, 0.25) is 5.91 Å². The van der Waals surface area contributed by atoms with Crippen LogP contribution in [0, 0.1) is 19.7 Å². The van der Waals surface area contributed by atoms with Crippen molar-refractivity contribution >= 4 is 34.8 Å². The van der Waals surface area contributed by atoms with E-state index in [1.165, 1.54) is 12.1 Å². The van der Waals surface area contributed by atoms with Crippen molar-refractivity contribution in [2.75, 3.05) is 5.32 Å². The van der Waals surface area contributed by atoms with Crippen LogP contribution in [0.1, 0.15) is 22.5 Å². The number of benzene rings is 2. The average molecular weight is 406 g/mol. The van der Waals surface area contributed by atoms with Crippen LogP contribution in [-0.4, -0.2) is 15.7 Å². The number of carbonyl (C=O) groups excluding carboxylic acids is 1. The van der Waals surface area contributed by atoms with Crippen LogP contribution in [0.15, 0.2) is 42.5 Å². The molecule has 0 spiro atoms. The second-order valence-electron chi connectivity index (χ2n) is 6.29. The van der Waals surface area contributed by atoms with Gasteiger partial charge in [-0.15, -0.1) is 0 Å². The van der Waals surface area contributed by atoms with Crippen LogP contribution in [0.2, 0.25) is 10.0 Å². The fraction of sp³-hybridized carbons (Fsp3) is 0.200. The van der Waals surface area contributed by atoms with Crippen LogP contribution in [0.5, 0.6) is 0 Å². The highest BCUT2D eigenvalue weighted by Crippen LogP contribution is 2.25. The third-order valence-electron chi connectivity index (χ3n) is 4.26. The zero-order valence-electron chi connectivity index (χ0n) is 14.9. The molecule has 1 amide bonds. The normalized spacial score (nSPS) is 10.9. The molecule has 0 unspecified atom stereocenters. The van der Waals surface area contributed by atoms with Crippen LogP contribution in [0.3, 0.4) is 0 Å². The summed E-state index contributed by atoms with van der Waals surface area (Å²) in [5.41, 5.74) is 3.84. The lowest BCUT2D eigenvalue weighted by molar-refractivity contribution is -0.115. The zero-order valence-corrected chi connectivity index (χ0v) is 16.4. The smallest absolute Gasteiger partial charge is 0.228 e. The molecule has 1 N–H and O–H groups in total. The largest absolute Gasteiger partial charge is 0.323 e. The van der Waals surface area contributed by atoms with Crippen molar-refractivity contribution in [1.82, 2.24) is 9.78 Å². The molecule has 7 heteroatoms. The second-order valence-corrected chi connectivity index (χ2v) is 7.13. The Morgan fingerprint density at radius 2 is 1.85 bits per heavy atom. The molecule has 0 bridgehead atoms. The Kier molecular flexibility index (Phi) is 5.82. The summed E-state index contributed by atoms with van der Waals surface area (Å²) in [6, 6.07) is 11.2. The summed E-state index contributed by atoms with van der Waals surface area (Å²) in [7, 11) is 0. The number of aromatic nitrogens is 2. The van der Waals surface area contributed by atoms with Crippen LogP contribution in [0.25, 0.3) is 0 Å². The summed E-state index contributed by atoms with van der Waals surface area (Å²) in [5, 5.41) is 8.54. The van der Waals surface area contributed by atoms with E-state index in [4.69, 9.17) is 23.2 Å². The minimum atomic E-state index is -0.326. The van der Waals surface area contributed by atoms with Crippen LogP contribution < -0.4 is 5.32 Å². The summed E-state index contributed by atoms with van der Waals surface area (Å²) >= 11 is 12.2. The third-order valence-corrected chi connectivity index (χ3v) is 4.85. The minimum absolute atomic E-state index is 0.160. The van der Waals surface area contributed by atoms with Crippen molar-refractivity contribution in [3.05, 3.63) is 80.8 Å². The van der Waals surface area contributed by atoms with Crippen molar-refractivity contribution in [1.29, 1.82) is 0 Å². The molecule has 3 aromatic rings. The van der Waals surface area contributed by atoms with Crippen molar-refractivity contribution in [3.63, 3.8) is 0 Å². The Morgan fingerprint density at radius 1 is 1.15 bits per heavy atom. The number of rotatable bonds is 5. The second kappa shape index (κ2) is 8.11. The predicted molar refractivity (Wildman–Crippen MR) is 106 cm³/mol. The molecule has 27 heavy (non-hydrogen) atoms. The first-order valence-electron chi connectivity index (χ1n) is 8.35. The predicted octanol–water partition coefficient (Wildman–Crippen LogP) is 5.18. The van der Waals surface area contributed by atoms with Gasteiger partial charge in [-0.05, 0) is 49.2 Å². The number of nitrogens with zero attached hydrogens (tertiary/aromatic N) is 2. The summed E-state index contributed by atoms with van der Waals surface area (Å²) in [6.07, 6.45) is 0.160. The van der Waals surface area contributed by atoms with Gasteiger partial charge in [-0.1, -0.05) is 41.4 Å². The topological polar surface area (TPSA) is 46.9 Å². The SMILES string of the molecule is Cc1nn(Cc2ccc(Cl)cc2Cl)c(C)c1NC(=O)Cc1ccc(F)cc1. The lowest BCUT2D eigenvalue weighted by Crippen LogP contribution is -2.15. The summed E-state index contributed by atoms with van der Waals surface area (Å²) in [4.78, 5) is 12.4. The number of carbonyl (C=O) groups is 1. The van der Waals surface area contributed by atoms with Crippen molar-refractivity contribution in [2.45, 2.75) is 26.8 Å². The van der Waals surface area contributed by atoms with Gasteiger partial charge < -0.3 is 5.32 Å². The zero-order chi connectivity index (χ0) is 19.6. The van der Waals surface area contributed by atoms with Gasteiger partial charge in [-0.2, -0.15) is 5.10 Å². The molecule has 0 saturated heterocycles. The Balaban J connectivity index is 1.75. The molecule has 3 rings (SSSR count). The van der Waals surface area contributed by atoms with E-state index in [2.05, 4.69) is 10.4 Å². The van der Waals surface area contributed by atoms with Gasteiger partial charge >= 0.3 is 0 Å². The van der Waals surface area contributed by atoms with Gasteiger partial charge in [0.25, 0.3) is 0 Å². The molecule has 0 aliphatic heterocycles. The lowest BCUT2D eigenvalue weighted by atomic mass is 10.1. The van der Waals surface area contributed by atoms with Gasteiger partial charge in [-0.3, -0.25) is 9.48 Å². The highest BCUT2D eigenvalue weighted by Gasteiger charge is 2.15. The lowest BCUT2D eigenvalue weighted by Gasteiger charge is -2.09. The van der Waals surface area contributed by atoms with Crippen molar-refractivity contribution in [2.24, 2.45) is 0 Å². The highest BCUT2D eigenvalue weighted by atomic mass is 35.5. The van der Waals surface area contributed by atoms with Crippen LogP contribution >= 0.6 is 23.2 Å². The Labute approximate surface area is 166 Å². The number of hydrogen-bond donors (Lipinski definition) is 1. The molecule has 0 aliphatic rings. The van der Waals surface area contributed by atoms with E-state index in [0.29, 0.717) is 28.0 Å². The van der Waals surface area contributed by atoms with Gasteiger partial charge in [0, 0.05) is 10.0 Å². The van der Waals surface area contributed by atoms with Gasteiger partial charge in [0.05, 0.1) is 30.0 Å². The van der Waals surface area contributed by atoms with Gasteiger partial charge in [-0.25, -0.2) is 4.39 Å². The third kappa shape index (κ3) is 4.67. The molecule has 0 fully saturated rings. The average Bonchev–Trinajstić information content (AvgIpc) is 2.87. The molecule has 0 atom stereocenters. The first-order valence-corrected chi connectivity index (χ1v) is 9.11. The number of halogens is 3. The quantitative estimate of drug-likeness (QED) is 0.635. The molecule has 0 radical (unpaired) electrons. The van der Waals surface area contributed by atoms with E-state index in [1.807, 2.05) is 19.9 Å². The van der Waals surface area contributed by atoms with Gasteiger partial charge in [0.15, 0.2) is 0 Å². The molecule has 0 saturated carbocycles. The van der Waals surface area contributed by atoms with Crippen LogP contribution in [-0.2, 0) is 17.8 Å². The Morgan fingerprint density at radius 3 is 2.52 bits per heavy atom. The highest BCUT2D eigenvalue weighted by molar-refractivity contribution is 6.35. The van der Waals surface area contributed by atoms with Crippen molar-refractivity contribution < 1.29 is 9.18 Å². The van der Waals surface area contributed by atoms with Gasteiger partial charge in [0.1, 0.15) is 5.82 Å². The first kappa shape index (κ1) is 19.4. The number of aryl methyl sites for hydroxylation is 1. The van der Waals surface area contributed by atoms with E-state index in [9.17, 15) is 9.18 Å². The summed E-state index contributed by atoms with van der Waals surface area (Å²) < 4.78 is 14.8. The van der Waals surface area contributed by atoms with E-state index < -0.39 is 0 Å². The molecule has 140 valence electrons. The molecule has 0 aliphatic carbocycles. The molecule has 2 aromatic carbocycles. The minimum Gasteiger partial charge on any atom is -0.323 e. The fourth-order valence-corrected chi connectivity index (χ4v) is 3.28. The van der Waals surface area contributed by atoms with Crippen molar-refractivity contribution in [3.8, 4) is 0 Å². The van der Waals surface area contributed by atoms with E-state index in [0.717, 1.165) is 16.8 Å². The Hall–Kier alpha value is -2.37. The maximum Gasteiger partial charge on any atom is 0.228 e.